The summed E-state index contributed by atoms with van der Waals surface area (Å²) in [6.45, 7) is 2.54. The van der Waals surface area contributed by atoms with E-state index in [2.05, 4.69) is 25.2 Å². The van der Waals surface area contributed by atoms with Gasteiger partial charge >= 0.3 is 0 Å². The highest BCUT2D eigenvalue weighted by molar-refractivity contribution is 6.34. The monoisotopic (exact) mass is 395 g/mol. The molecule has 0 saturated carbocycles. The number of aromatic nitrogens is 3. The number of anilines is 1. The molecule has 0 unspecified atom stereocenters. The van der Waals surface area contributed by atoms with Crippen LogP contribution in [0.4, 0.5) is 5.95 Å². The first-order valence-electron chi connectivity index (χ1n) is 8.02. The van der Waals surface area contributed by atoms with Gasteiger partial charge in [0.05, 0.1) is 5.52 Å². The fourth-order valence-corrected chi connectivity index (χ4v) is 3.82. The fraction of sp³-hybridized carbons (Fsp3) is 0.294. The van der Waals surface area contributed by atoms with Gasteiger partial charge in [-0.1, -0.05) is 34.8 Å². The van der Waals surface area contributed by atoms with Crippen LogP contribution >= 0.6 is 34.8 Å². The molecule has 1 aromatic carbocycles. The molecule has 1 aliphatic rings. The SMILES string of the molecule is Clc1cc(Cl)cc(CN[C@H]2CCN(c3nc4nc(Cl)ccc4[nH]3)C2)c1. The van der Waals surface area contributed by atoms with Gasteiger partial charge in [-0.05, 0) is 42.3 Å². The van der Waals surface area contributed by atoms with E-state index in [9.17, 15) is 0 Å². The molecule has 25 heavy (non-hydrogen) atoms. The number of fused-ring (bicyclic) bond motifs is 1. The topological polar surface area (TPSA) is 56.8 Å². The van der Waals surface area contributed by atoms with Gasteiger partial charge in [0.25, 0.3) is 0 Å². The number of rotatable bonds is 4. The summed E-state index contributed by atoms with van der Waals surface area (Å²) in [5, 5.41) is 5.32. The highest BCUT2D eigenvalue weighted by Gasteiger charge is 2.24. The van der Waals surface area contributed by atoms with Crippen molar-refractivity contribution in [1.82, 2.24) is 20.3 Å². The van der Waals surface area contributed by atoms with E-state index in [1.54, 1.807) is 12.1 Å². The zero-order chi connectivity index (χ0) is 17.4. The average Bonchev–Trinajstić information content (AvgIpc) is 3.18. The summed E-state index contributed by atoms with van der Waals surface area (Å²) < 4.78 is 0. The van der Waals surface area contributed by atoms with Gasteiger partial charge in [-0.3, -0.25) is 0 Å². The van der Waals surface area contributed by atoms with Crippen LogP contribution in [0.15, 0.2) is 30.3 Å². The van der Waals surface area contributed by atoms with Crippen LogP contribution in [0.2, 0.25) is 15.2 Å². The Labute approximate surface area is 160 Å². The van der Waals surface area contributed by atoms with E-state index in [-0.39, 0.29) is 0 Å². The van der Waals surface area contributed by atoms with Crippen LogP contribution in [0.5, 0.6) is 0 Å². The lowest BCUT2D eigenvalue weighted by Crippen LogP contribution is -2.32. The Balaban J connectivity index is 1.40. The summed E-state index contributed by atoms with van der Waals surface area (Å²) in [5.41, 5.74) is 2.62. The molecule has 4 rings (SSSR count). The highest BCUT2D eigenvalue weighted by Crippen LogP contribution is 2.22. The average molecular weight is 397 g/mol. The Morgan fingerprint density at radius 1 is 1.12 bits per heavy atom. The standard InChI is InChI=1S/C17H16Cl3N5/c18-11-5-10(6-12(19)7-11)8-21-13-3-4-25(9-13)17-22-14-1-2-15(20)23-16(14)24-17/h1-2,5-7,13,21H,3-4,8-9H2,(H,22,23,24)/t13-/m0/s1. The second-order valence-corrected chi connectivity index (χ2v) is 7.42. The number of imidazole rings is 1. The van der Waals surface area contributed by atoms with Gasteiger partial charge in [-0.2, -0.15) is 4.98 Å². The zero-order valence-corrected chi connectivity index (χ0v) is 15.5. The van der Waals surface area contributed by atoms with Crippen molar-refractivity contribution in [3.05, 3.63) is 51.1 Å². The molecular formula is C17H16Cl3N5. The molecule has 2 aromatic heterocycles. The summed E-state index contributed by atoms with van der Waals surface area (Å²) in [4.78, 5) is 14.3. The predicted octanol–water partition coefficient (Wildman–Crippen LogP) is 4.29. The summed E-state index contributed by atoms with van der Waals surface area (Å²) >= 11 is 18.0. The van der Waals surface area contributed by atoms with E-state index in [1.165, 1.54) is 0 Å². The summed E-state index contributed by atoms with van der Waals surface area (Å²) in [6.07, 6.45) is 1.04. The van der Waals surface area contributed by atoms with Crippen LogP contribution < -0.4 is 10.2 Å². The molecule has 0 amide bonds. The zero-order valence-electron chi connectivity index (χ0n) is 13.3. The predicted molar refractivity (Wildman–Crippen MR) is 103 cm³/mol. The highest BCUT2D eigenvalue weighted by atomic mass is 35.5. The maximum atomic E-state index is 6.05. The Morgan fingerprint density at radius 2 is 1.92 bits per heavy atom. The minimum Gasteiger partial charge on any atom is -0.341 e. The molecule has 1 aliphatic heterocycles. The Hall–Kier alpha value is -1.53. The third-order valence-electron chi connectivity index (χ3n) is 4.30. The van der Waals surface area contributed by atoms with Gasteiger partial charge in [-0.25, -0.2) is 4.98 Å². The molecule has 130 valence electrons. The molecule has 1 fully saturated rings. The van der Waals surface area contributed by atoms with Gasteiger partial charge < -0.3 is 15.2 Å². The molecule has 5 nitrogen and oxygen atoms in total. The van der Waals surface area contributed by atoms with E-state index in [4.69, 9.17) is 34.8 Å². The molecule has 0 aliphatic carbocycles. The van der Waals surface area contributed by atoms with Crippen LogP contribution in [-0.2, 0) is 6.54 Å². The largest absolute Gasteiger partial charge is 0.341 e. The van der Waals surface area contributed by atoms with Crippen LogP contribution in [-0.4, -0.2) is 34.1 Å². The van der Waals surface area contributed by atoms with Gasteiger partial charge in [0, 0.05) is 35.7 Å². The number of aromatic amines is 1. The first kappa shape index (κ1) is 16.9. The first-order valence-corrected chi connectivity index (χ1v) is 9.16. The quantitative estimate of drug-likeness (QED) is 0.646. The number of hydrogen-bond donors (Lipinski definition) is 2. The molecular weight excluding hydrogens is 381 g/mol. The number of hydrogen-bond acceptors (Lipinski definition) is 4. The molecule has 2 N–H and O–H groups in total. The number of benzene rings is 1. The van der Waals surface area contributed by atoms with E-state index in [0.29, 0.717) is 26.9 Å². The lowest BCUT2D eigenvalue weighted by Gasteiger charge is -2.16. The molecule has 3 aromatic rings. The van der Waals surface area contributed by atoms with Gasteiger partial charge in [-0.15, -0.1) is 0 Å². The molecule has 8 heteroatoms. The van der Waals surface area contributed by atoms with Crippen molar-refractivity contribution >= 4 is 51.9 Å². The second-order valence-electron chi connectivity index (χ2n) is 6.16. The first-order chi connectivity index (χ1) is 12.1. The molecule has 0 bridgehead atoms. The third kappa shape index (κ3) is 3.85. The van der Waals surface area contributed by atoms with E-state index in [1.807, 2.05) is 18.2 Å². The van der Waals surface area contributed by atoms with E-state index in [0.717, 1.165) is 43.1 Å². The van der Waals surface area contributed by atoms with Gasteiger partial charge in [0.15, 0.2) is 5.65 Å². The van der Waals surface area contributed by atoms with Crippen molar-refractivity contribution in [2.75, 3.05) is 18.0 Å². The van der Waals surface area contributed by atoms with Crippen molar-refractivity contribution < 1.29 is 0 Å². The van der Waals surface area contributed by atoms with Crippen LogP contribution in [0.1, 0.15) is 12.0 Å². The van der Waals surface area contributed by atoms with Crippen molar-refractivity contribution in [2.45, 2.75) is 19.0 Å². The minimum absolute atomic E-state index is 0.377. The summed E-state index contributed by atoms with van der Waals surface area (Å²) in [7, 11) is 0. The second kappa shape index (κ2) is 7.00. The van der Waals surface area contributed by atoms with Crippen LogP contribution in [0, 0.1) is 0 Å². The maximum absolute atomic E-state index is 6.05. The summed E-state index contributed by atoms with van der Waals surface area (Å²) in [5.74, 6) is 0.833. The number of nitrogens with zero attached hydrogens (tertiary/aromatic N) is 3. The lowest BCUT2D eigenvalue weighted by atomic mass is 10.2. The van der Waals surface area contributed by atoms with Crippen molar-refractivity contribution in [2.24, 2.45) is 0 Å². The summed E-state index contributed by atoms with van der Waals surface area (Å²) in [6, 6.07) is 9.64. The van der Waals surface area contributed by atoms with Crippen molar-refractivity contribution in [3.8, 4) is 0 Å². The molecule has 1 atom stereocenters. The van der Waals surface area contributed by atoms with Crippen LogP contribution in [0.3, 0.4) is 0 Å². The Morgan fingerprint density at radius 3 is 2.72 bits per heavy atom. The molecule has 0 radical (unpaired) electrons. The minimum atomic E-state index is 0.377. The number of H-pyrrole nitrogens is 1. The third-order valence-corrected chi connectivity index (χ3v) is 4.95. The molecule has 1 saturated heterocycles. The van der Waals surface area contributed by atoms with Gasteiger partial charge in [0.1, 0.15) is 5.15 Å². The molecule has 3 heterocycles. The fourth-order valence-electron chi connectivity index (χ4n) is 3.10. The maximum Gasteiger partial charge on any atom is 0.205 e. The normalized spacial score (nSPS) is 17.6. The Bertz CT molecular complexity index is 890. The Kier molecular flexibility index (Phi) is 4.73. The number of nitrogens with one attached hydrogen (secondary N) is 2. The lowest BCUT2D eigenvalue weighted by molar-refractivity contribution is 0.551. The van der Waals surface area contributed by atoms with Crippen LogP contribution in [0.25, 0.3) is 11.2 Å². The van der Waals surface area contributed by atoms with Gasteiger partial charge in [0.2, 0.25) is 5.95 Å². The molecule has 0 spiro atoms. The van der Waals surface area contributed by atoms with Crippen molar-refractivity contribution in [1.29, 1.82) is 0 Å². The van der Waals surface area contributed by atoms with E-state index < -0.39 is 0 Å². The number of halogens is 3. The smallest absolute Gasteiger partial charge is 0.205 e. The number of pyridine rings is 1. The van der Waals surface area contributed by atoms with E-state index >= 15 is 0 Å². The van der Waals surface area contributed by atoms with Crippen molar-refractivity contribution in [3.63, 3.8) is 0 Å².